The minimum atomic E-state index is -0.272. The highest BCUT2D eigenvalue weighted by Gasteiger charge is 2.45. The van der Waals surface area contributed by atoms with Gasteiger partial charge in [0.2, 0.25) is 5.91 Å². The van der Waals surface area contributed by atoms with E-state index in [9.17, 15) is 4.79 Å². The van der Waals surface area contributed by atoms with Crippen molar-refractivity contribution in [2.45, 2.75) is 43.6 Å². The SMILES string of the molecule is N[C@@H]1CCN(C(=O)C2(c3ccccc3)CCCC2)C1. The summed E-state index contributed by atoms with van der Waals surface area (Å²) in [5.74, 6) is 0.309. The van der Waals surface area contributed by atoms with E-state index in [2.05, 4.69) is 12.1 Å². The molecular weight excluding hydrogens is 236 g/mol. The second kappa shape index (κ2) is 4.97. The van der Waals surface area contributed by atoms with Gasteiger partial charge in [-0.15, -0.1) is 0 Å². The molecule has 2 aliphatic rings. The van der Waals surface area contributed by atoms with Gasteiger partial charge < -0.3 is 10.6 Å². The highest BCUT2D eigenvalue weighted by atomic mass is 16.2. The summed E-state index contributed by atoms with van der Waals surface area (Å²) in [7, 11) is 0. The Morgan fingerprint density at radius 3 is 2.47 bits per heavy atom. The molecule has 0 bridgehead atoms. The molecule has 1 atom stereocenters. The topological polar surface area (TPSA) is 46.3 Å². The first-order valence-electron chi connectivity index (χ1n) is 7.33. The highest BCUT2D eigenvalue weighted by molar-refractivity contribution is 5.89. The van der Waals surface area contributed by atoms with Gasteiger partial charge in [-0.3, -0.25) is 4.79 Å². The predicted octanol–water partition coefficient (Wildman–Crippen LogP) is 2.06. The van der Waals surface area contributed by atoms with Gasteiger partial charge in [0.25, 0.3) is 0 Å². The number of benzene rings is 1. The molecule has 3 heteroatoms. The molecule has 0 spiro atoms. The van der Waals surface area contributed by atoms with Crippen LogP contribution in [0.2, 0.25) is 0 Å². The van der Waals surface area contributed by atoms with E-state index in [1.807, 2.05) is 23.1 Å². The Morgan fingerprint density at radius 2 is 1.89 bits per heavy atom. The van der Waals surface area contributed by atoms with E-state index in [-0.39, 0.29) is 11.5 Å². The Hall–Kier alpha value is -1.35. The van der Waals surface area contributed by atoms with Gasteiger partial charge in [-0.2, -0.15) is 0 Å². The first-order chi connectivity index (χ1) is 9.22. The lowest BCUT2D eigenvalue weighted by Gasteiger charge is -2.33. The summed E-state index contributed by atoms with van der Waals surface area (Å²) >= 11 is 0. The van der Waals surface area contributed by atoms with Crippen LogP contribution in [-0.2, 0) is 10.2 Å². The third-order valence-electron chi connectivity index (χ3n) is 4.70. The van der Waals surface area contributed by atoms with Crippen LogP contribution in [0.15, 0.2) is 30.3 Å². The van der Waals surface area contributed by atoms with Crippen molar-refractivity contribution < 1.29 is 4.79 Å². The van der Waals surface area contributed by atoms with E-state index in [4.69, 9.17) is 5.73 Å². The molecule has 2 N–H and O–H groups in total. The number of nitrogens with two attached hydrogens (primary N) is 1. The Labute approximate surface area is 114 Å². The number of rotatable bonds is 2. The molecule has 0 radical (unpaired) electrons. The Bertz CT molecular complexity index is 451. The maximum atomic E-state index is 13.0. The number of likely N-dealkylation sites (tertiary alicyclic amines) is 1. The second-order valence-electron chi connectivity index (χ2n) is 5.96. The summed E-state index contributed by atoms with van der Waals surface area (Å²) in [5, 5.41) is 0. The van der Waals surface area contributed by atoms with Crippen LogP contribution in [0.4, 0.5) is 0 Å². The lowest BCUT2D eigenvalue weighted by atomic mass is 9.77. The zero-order valence-corrected chi connectivity index (χ0v) is 11.3. The van der Waals surface area contributed by atoms with E-state index < -0.39 is 0 Å². The number of carbonyl (C=O) groups is 1. The molecule has 1 aromatic rings. The standard InChI is InChI=1S/C16H22N2O/c17-14-8-11-18(12-14)15(19)16(9-4-5-10-16)13-6-2-1-3-7-13/h1-3,6-7,14H,4-5,8-12,17H2/t14-/m1/s1. The van der Waals surface area contributed by atoms with Crippen LogP contribution in [0, 0.1) is 0 Å². The van der Waals surface area contributed by atoms with Crippen molar-refractivity contribution in [1.82, 2.24) is 4.90 Å². The van der Waals surface area contributed by atoms with E-state index in [0.717, 1.165) is 45.2 Å². The van der Waals surface area contributed by atoms with Gasteiger partial charge in [0, 0.05) is 19.1 Å². The molecular formula is C16H22N2O. The summed E-state index contributed by atoms with van der Waals surface area (Å²) in [5.41, 5.74) is 6.87. The van der Waals surface area contributed by atoms with Gasteiger partial charge in [0.1, 0.15) is 0 Å². The van der Waals surface area contributed by atoms with Gasteiger partial charge >= 0.3 is 0 Å². The highest BCUT2D eigenvalue weighted by Crippen LogP contribution is 2.43. The number of amides is 1. The molecule has 1 amide bonds. The molecule has 1 aliphatic heterocycles. The quantitative estimate of drug-likeness (QED) is 0.882. The largest absolute Gasteiger partial charge is 0.340 e. The van der Waals surface area contributed by atoms with Crippen molar-refractivity contribution in [2.75, 3.05) is 13.1 Å². The van der Waals surface area contributed by atoms with Gasteiger partial charge in [0.15, 0.2) is 0 Å². The fraction of sp³-hybridized carbons (Fsp3) is 0.562. The Balaban J connectivity index is 1.91. The minimum Gasteiger partial charge on any atom is -0.340 e. The molecule has 2 fully saturated rings. The van der Waals surface area contributed by atoms with E-state index in [0.29, 0.717) is 5.91 Å². The molecule has 1 saturated carbocycles. The van der Waals surface area contributed by atoms with Gasteiger partial charge in [-0.1, -0.05) is 43.2 Å². The zero-order valence-electron chi connectivity index (χ0n) is 11.3. The zero-order chi connectivity index (χ0) is 13.3. The van der Waals surface area contributed by atoms with Crippen LogP contribution in [0.25, 0.3) is 0 Å². The first-order valence-corrected chi connectivity index (χ1v) is 7.33. The van der Waals surface area contributed by atoms with Crippen molar-refractivity contribution >= 4 is 5.91 Å². The fourth-order valence-corrected chi connectivity index (χ4v) is 3.64. The van der Waals surface area contributed by atoms with Crippen molar-refractivity contribution in [1.29, 1.82) is 0 Å². The van der Waals surface area contributed by atoms with E-state index in [1.54, 1.807) is 0 Å². The fourth-order valence-electron chi connectivity index (χ4n) is 3.64. The van der Waals surface area contributed by atoms with Gasteiger partial charge in [-0.05, 0) is 24.8 Å². The average molecular weight is 258 g/mol. The molecule has 0 aromatic heterocycles. The molecule has 1 aromatic carbocycles. The first kappa shape index (κ1) is 12.7. The summed E-state index contributed by atoms with van der Waals surface area (Å²) in [6.07, 6.45) is 5.22. The number of nitrogens with zero attached hydrogens (tertiary/aromatic N) is 1. The van der Waals surface area contributed by atoms with Crippen LogP contribution in [-0.4, -0.2) is 29.9 Å². The van der Waals surface area contributed by atoms with Crippen molar-refractivity contribution in [3.05, 3.63) is 35.9 Å². The lowest BCUT2D eigenvalue weighted by Crippen LogP contribution is -2.45. The third kappa shape index (κ3) is 2.16. The average Bonchev–Trinajstić information content (AvgIpc) is 3.08. The van der Waals surface area contributed by atoms with Gasteiger partial charge in [-0.25, -0.2) is 0 Å². The molecule has 102 valence electrons. The van der Waals surface area contributed by atoms with Crippen LogP contribution < -0.4 is 5.73 Å². The molecule has 3 nitrogen and oxygen atoms in total. The Morgan fingerprint density at radius 1 is 1.21 bits per heavy atom. The number of hydrogen-bond acceptors (Lipinski definition) is 2. The van der Waals surface area contributed by atoms with E-state index >= 15 is 0 Å². The third-order valence-corrected chi connectivity index (χ3v) is 4.70. The number of carbonyl (C=O) groups excluding carboxylic acids is 1. The second-order valence-corrected chi connectivity index (χ2v) is 5.96. The lowest BCUT2D eigenvalue weighted by molar-refractivity contribution is -0.136. The normalized spacial score (nSPS) is 25.7. The minimum absolute atomic E-state index is 0.165. The smallest absolute Gasteiger partial charge is 0.233 e. The van der Waals surface area contributed by atoms with Crippen LogP contribution in [0.5, 0.6) is 0 Å². The molecule has 1 heterocycles. The molecule has 19 heavy (non-hydrogen) atoms. The summed E-state index contributed by atoms with van der Waals surface area (Å²) in [6, 6.07) is 10.5. The number of hydrogen-bond donors (Lipinski definition) is 1. The van der Waals surface area contributed by atoms with Gasteiger partial charge in [0.05, 0.1) is 5.41 Å². The summed E-state index contributed by atoms with van der Waals surface area (Å²) in [6.45, 7) is 1.56. The van der Waals surface area contributed by atoms with Crippen molar-refractivity contribution in [2.24, 2.45) is 5.73 Å². The van der Waals surface area contributed by atoms with Crippen LogP contribution in [0.3, 0.4) is 0 Å². The van der Waals surface area contributed by atoms with Crippen LogP contribution in [0.1, 0.15) is 37.7 Å². The predicted molar refractivity (Wildman–Crippen MR) is 75.8 cm³/mol. The molecule has 3 rings (SSSR count). The van der Waals surface area contributed by atoms with E-state index in [1.165, 1.54) is 5.56 Å². The Kier molecular flexibility index (Phi) is 3.31. The molecule has 0 unspecified atom stereocenters. The summed E-state index contributed by atoms with van der Waals surface area (Å²) < 4.78 is 0. The van der Waals surface area contributed by atoms with Crippen LogP contribution >= 0.6 is 0 Å². The maximum Gasteiger partial charge on any atom is 0.233 e. The monoisotopic (exact) mass is 258 g/mol. The maximum absolute atomic E-state index is 13.0. The van der Waals surface area contributed by atoms with Crippen molar-refractivity contribution in [3.8, 4) is 0 Å². The summed E-state index contributed by atoms with van der Waals surface area (Å²) in [4.78, 5) is 15.0. The molecule has 1 aliphatic carbocycles. The molecule has 1 saturated heterocycles. The van der Waals surface area contributed by atoms with Crippen molar-refractivity contribution in [3.63, 3.8) is 0 Å².